The molecule has 0 radical (unpaired) electrons. The van der Waals surface area contributed by atoms with E-state index < -0.39 is 23.9 Å². The van der Waals surface area contributed by atoms with E-state index in [9.17, 15) is 19.2 Å². The number of epoxide rings is 1. The molecule has 1 heterocycles. The number of carboxylic acid groups (broad SMARTS) is 4. The van der Waals surface area contributed by atoms with Crippen LogP contribution in [0.25, 0.3) is 0 Å². The average molecular weight is 346 g/mol. The number of ether oxygens (including phenoxy) is 1. The second-order valence-corrected chi connectivity index (χ2v) is 3.31. The summed E-state index contributed by atoms with van der Waals surface area (Å²) in [6, 6.07) is 0. The van der Waals surface area contributed by atoms with E-state index in [0.29, 0.717) is 6.10 Å². The summed E-state index contributed by atoms with van der Waals surface area (Å²) in [7, 11) is 0. The summed E-state index contributed by atoms with van der Waals surface area (Å²) in [5, 5.41) is 30.4. The molecule has 1 saturated heterocycles. The van der Waals surface area contributed by atoms with Gasteiger partial charge in [0.1, 0.15) is 0 Å². The molecule has 4 N–H and O–H groups in total. The van der Waals surface area contributed by atoms with E-state index in [0.717, 1.165) is 30.9 Å². The molecule has 1 rings (SSSR count). The van der Waals surface area contributed by atoms with Gasteiger partial charge < -0.3 is 25.2 Å². The molecule has 0 aromatic heterocycles. The van der Waals surface area contributed by atoms with Crippen LogP contribution in [0, 0.1) is 0 Å². The molecular formula is C15H22O9. The van der Waals surface area contributed by atoms with Crippen LogP contribution >= 0.6 is 0 Å². The maximum absolute atomic E-state index is 9.25. The number of carbonyl (C=O) groups is 4. The standard InChI is InChI=1S/4C3H4O2.C3H6O/c4*1-2-3(4)5;1-3-2-4-3/h4*2H,1H2,(H,4,5);3H,2H2,1H3. The second-order valence-electron chi connectivity index (χ2n) is 3.31. The normalized spacial score (nSPS) is 12.0. The minimum Gasteiger partial charge on any atom is -0.478 e. The lowest BCUT2D eigenvalue weighted by Crippen LogP contribution is -1.82. The third-order valence-electron chi connectivity index (χ3n) is 1.20. The summed E-state index contributed by atoms with van der Waals surface area (Å²) in [6.07, 6.45) is 3.92. The van der Waals surface area contributed by atoms with Crippen molar-refractivity contribution < 1.29 is 44.3 Å². The van der Waals surface area contributed by atoms with Crippen molar-refractivity contribution in [2.45, 2.75) is 13.0 Å². The fraction of sp³-hybridized carbons (Fsp3) is 0.200. The lowest BCUT2D eigenvalue weighted by Gasteiger charge is -1.64. The molecule has 9 nitrogen and oxygen atoms in total. The summed E-state index contributed by atoms with van der Waals surface area (Å²) in [5.74, 6) is -3.93. The average Bonchev–Trinajstić information content (AvgIpc) is 3.31. The molecule has 0 saturated carbocycles. The highest BCUT2D eigenvalue weighted by Gasteiger charge is 2.13. The van der Waals surface area contributed by atoms with Crippen LogP contribution in [0.1, 0.15) is 6.92 Å². The molecular weight excluding hydrogens is 324 g/mol. The van der Waals surface area contributed by atoms with Crippen LogP contribution in [0.4, 0.5) is 0 Å². The zero-order valence-electron chi connectivity index (χ0n) is 13.3. The van der Waals surface area contributed by atoms with E-state index in [-0.39, 0.29) is 0 Å². The van der Waals surface area contributed by atoms with Crippen molar-refractivity contribution in [1.29, 1.82) is 0 Å². The van der Waals surface area contributed by atoms with Crippen molar-refractivity contribution in [3.8, 4) is 0 Å². The zero-order chi connectivity index (χ0) is 20.1. The highest BCUT2D eigenvalue weighted by molar-refractivity contribution is 5.79. The Bertz CT molecular complexity index is 362. The molecule has 0 spiro atoms. The van der Waals surface area contributed by atoms with Crippen molar-refractivity contribution in [3.05, 3.63) is 50.6 Å². The predicted octanol–water partition coefficient (Wildman–Crippen LogP) is 1.43. The maximum Gasteiger partial charge on any atom is 0.327 e. The first kappa shape index (κ1) is 28.9. The van der Waals surface area contributed by atoms with E-state index in [1.807, 2.05) is 0 Å². The van der Waals surface area contributed by atoms with Crippen LogP contribution in [-0.2, 0) is 23.9 Å². The molecule has 24 heavy (non-hydrogen) atoms. The van der Waals surface area contributed by atoms with Gasteiger partial charge in [-0.3, -0.25) is 0 Å². The number of aliphatic carboxylic acids is 4. The van der Waals surface area contributed by atoms with E-state index in [1.165, 1.54) is 0 Å². The molecule has 1 aliphatic heterocycles. The van der Waals surface area contributed by atoms with Crippen LogP contribution in [0.2, 0.25) is 0 Å². The van der Waals surface area contributed by atoms with Crippen LogP contribution in [0.3, 0.4) is 0 Å². The van der Waals surface area contributed by atoms with Crippen LogP contribution < -0.4 is 0 Å². The highest BCUT2D eigenvalue weighted by atomic mass is 16.6. The zero-order valence-corrected chi connectivity index (χ0v) is 13.3. The van der Waals surface area contributed by atoms with Crippen molar-refractivity contribution >= 4 is 23.9 Å². The first-order chi connectivity index (χ1) is 11.0. The van der Waals surface area contributed by atoms with Gasteiger partial charge in [0.05, 0.1) is 12.7 Å². The maximum atomic E-state index is 9.25. The van der Waals surface area contributed by atoms with Crippen LogP contribution in [0.5, 0.6) is 0 Å². The minimum atomic E-state index is -0.981. The second kappa shape index (κ2) is 22.1. The summed E-state index contributed by atoms with van der Waals surface area (Å²) in [6.45, 7) is 14.9. The largest absolute Gasteiger partial charge is 0.478 e. The Morgan fingerprint density at radius 2 is 0.833 bits per heavy atom. The number of hydrogen-bond donors (Lipinski definition) is 4. The van der Waals surface area contributed by atoms with Crippen LogP contribution in [0.15, 0.2) is 50.6 Å². The summed E-state index contributed by atoms with van der Waals surface area (Å²) >= 11 is 0. The van der Waals surface area contributed by atoms with Gasteiger partial charge in [0.2, 0.25) is 0 Å². The van der Waals surface area contributed by atoms with E-state index in [1.54, 1.807) is 0 Å². The molecule has 0 aliphatic carbocycles. The predicted molar refractivity (Wildman–Crippen MR) is 86.7 cm³/mol. The Labute approximate surface area is 139 Å². The van der Waals surface area contributed by atoms with E-state index in [4.69, 9.17) is 25.2 Å². The molecule has 1 atom stereocenters. The molecule has 0 aromatic carbocycles. The SMILES string of the molecule is C=CC(=O)O.C=CC(=O)O.C=CC(=O)O.C=CC(=O)O.CC1CO1. The van der Waals surface area contributed by atoms with Crippen molar-refractivity contribution in [2.24, 2.45) is 0 Å². The molecule has 1 aliphatic rings. The van der Waals surface area contributed by atoms with Gasteiger partial charge in [0.15, 0.2) is 0 Å². The Morgan fingerprint density at radius 1 is 0.750 bits per heavy atom. The summed E-state index contributed by atoms with van der Waals surface area (Å²) in [4.78, 5) is 37.0. The molecule has 9 heteroatoms. The topological polar surface area (TPSA) is 162 Å². The van der Waals surface area contributed by atoms with Gasteiger partial charge in [-0.25, -0.2) is 19.2 Å². The Morgan fingerprint density at radius 3 is 0.833 bits per heavy atom. The van der Waals surface area contributed by atoms with Gasteiger partial charge in [0.25, 0.3) is 0 Å². The number of rotatable bonds is 4. The van der Waals surface area contributed by atoms with Crippen LogP contribution in [-0.4, -0.2) is 57.0 Å². The van der Waals surface area contributed by atoms with E-state index in [2.05, 4.69) is 33.2 Å². The summed E-state index contributed by atoms with van der Waals surface area (Å²) in [5.41, 5.74) is 0. The Hall–Kier alpha value is -3.20. The fourth-order valence-electron chi connectivity index (χ4n) is 0.0962. The van der Waals surface area contributed by atoms with Gasteiger partial charge in [-0.05, 0) is 6.92 Å². The highest BCUT2D eigenvalue weighted by Crippen LogP contribution is 2.04. The first-order valence-corrected chi connectivity index (χ1v) is 6.01. The van der Waals surface area contributed by atoms with Gasteiger partial charge in [-0.15, -0.1) is 0 Å². The Kier molecular flexibility index (Phi) is 26.6. The summed E-state index contributed by atoms with van der Waals surface area (Å²) < 4.78 is 4.71. The van der Waals surface area contributed by atoms with Gasteiger partial charge in [0, 0.05) is 24.3 Å². The third kappa shape index (κ3) is 97.9. The number of hydrogen-bond acceptors (Lipinski definition) is 5. The molecule has 1 unspecified atom stereocenters. The van der Waals surface area contributed by atoms with Crippen molar-refractivity contribution in [1.82, 2.24) is 0 Å². The lowest BCUT2D eigenvalue weighted by atomic mass is 10.6. The van der Waals surface area contributed by atoms with Gasteiger partial charge in [-0.2, -0.15) is 0 Å². The number of carboxylic acids is 4. The van der Waals surface area contributed by atoms with Gasteiger partial charge >= 0.3 is 23.9 Å². The molecule has 0 amide bonds. The quantitative estimate of drug-likeness (QED) is 0.435. The molecule has 0 aromatic rings. The molecule has 0 bridgehead atoms. The lowest BCUT2D eigenvalue weighted by molar-refractivity contribution is -0.132. The van der Waals surface area contributed by atoms with Gasteiger partial charge in [-0.1, -0.05) is 26.3 Å². The molecule has 136 valence electrons. The smallest absolute Gasteiger partial charge is 0.327 e. The van der Waals surface area contributed by atoms with Crippen molar-refractivity contribution in [2.75, 3.05) is 6.61 Å². The fourth-order valence-corrected chi connectivity index (χ4v) is 0.0962. The van der Waals surface area contributed by atoms with E-state index >= 15 is 0 Å². The minimum absolute atomic E-state index is 0.583. The monoisotopic (exact) mass is 346 g/mol. The first-order valence-electron chi connectivity index (χ1n) is 6.01. The molecule has 1 fully saturated rings. The van der Waals surface area contributed by atoms with Crippen molar-refractivity contribution in [3.63, 3.8) is 0 Å². The Balaban J connectivity index is -0.000000104. The third-order valence-corrected chi connectivity index (χ3v) is 1.20.